The SMILES string of the molecule is O=C1CSC(c2sccc2Br)N1Cc1cccc(F)c1F. The number of thioether (sulfide) groups is 1. The fraction of sp³-hybridized carbons (Fsp3) is 0.214. The first-order chi connectivity index (χ1) is 10.1. The van der Waals surface area contributed by atoms with Gasteiger partial charge in [-0.3, -0.25) is 4.79 Å². The predicted molar refractivity (Wildman–Crippen MR) is 84.1 cm³/mol. The summed E-state index contributed by atoms with van der Waals surface area (Å²) >= 11 is 6.50. The lowest BCUT2D eigenvalue weighted by Gasteiger charge is -2.23. The Morgan fingerprint density at radius 1 is 1.33 bits per heavy atom. The van der Waals surface area contributed by atoms with Crippen LogP contribution in [0.4, 0.5) is 8.78 Å². The van der Waals surface area contributed by atoms with Crippen molar-refractivity contribution in [1.29, 1.82) is 0 Å². The Hall–Kier alpha value is -0.920. The molecule has 1 atom stereocenters. The molecule has 1 amide bonds. The summed E-state index contributed by atoms with van der Waals surface area (Å²) in [5, 5.41) is 1.78. The van der Waals surface area contributed by atoms with Gasteiger partial charge < -0.3 is 4.90 Å². The van der Waals surface area contributed by atoms with Gasteiger partial charge in [-0.2, -0.15) is 0 Å². The van der Waals surface area contributed by atoms with Crippen molar-refractivity contribution in [2.45, 2.75) is 11.9 Å². The quantitative estimate of drug-likeness (QED) is 0.766. The Balaban J connectivity index is 1.90. The first kappa shape index (κ1) is 15.0. The molecule has 1 saturated heterocycles. The summed E-state index contributed by atoms with van der Waals surface area (Å²) in [4.78, 5) is 14.7. The molecular weight excluding hydrogens is 380 g/mol. The summed E-state index contributed by atoms with van der Waals surface area (Å²) in [5.74, 6) is -1.48. The zero-order valence-electron chi connectivity index (χ0n) is 10.7. The number of halogens is 3. The van der Waals surface area contributed by atoms with Gasteiger partial charge in [-0.05, 0) is 33.4 Å². The van der Waals surface area contributed by atoms with Crippen molar-refractivity contribution in [2.24, 2.45) is 0 Å². The summed E-state index contributed by atoms with van der Waals surface area (Å²) in [6.45, 7) is 0.0738. The summed E-state index contributed by atoms with van der Waals surface area (Å²) in [6, 6.07) is 5.96. The van der Waals surface area contributed by atoms with Crippen LogP contribution in [0.3, 0.4) is 0 Å². The molecule has 1 fully saturated rings. The Bertz CT molecular complexity index is 691. The lowest BCUT2D eigenvalue weighted by Crippen LogP contribution is -2.28. The molecule has 2 heterocycles. The Labute approximate surface area is 137 Å². The molecule has 1 aliphatic heterocycles. The fourth-order valence-corrected chi connectivity index (χ4v) is 5.40. The van der Waals surface area contributed by atoms with Crippen LogP contribution in [0.2, 0.25) is 0 Å². The largest absolute Gasteiger partial charge is 0.321 e. The van der Waals surface area contributed by atoms with Crippen molar-refractivity contribution in [3.05, 3.63) is 56.2 Å². The Morgan fingerprint density at radius 2 is 2.14 bits per heavy atom. The van der Waals surface area contributed by atoms with Crippen LogP contribution in [0.1, 0.15) is 15.8 Å². The molecule has 0 bridgehead atoms. The van der Waals surface area contributed by atoms with E-state index in [1.807, 2.05) is 11.4 Å². The second-order valence-electron chi connectivity index (χ2n) is 4.53. The lowest BCUT2D eigenvalue weighted by molar-refractivity contribution is -0.128. The van der Waals surface area contributed by atoms with Crippen molar-refractivity contribution < 1.29 is 13.6 Å². The third-order valence-corrected chi connectivity index (χ3v) is 6.50. The number of carbonyl (C=O) groups excluding carboxylic acids is 1. The van der Waals surface area contributed by atoms with E-state index < -0.39 is 11.6 Å². The molecule has 0 spiro atoms. The van der Waals surface area contributed by atoms with E-state index in [1.165, 1.54) is 23.9 Å². The maximum Gasteiger partial charge on any atom is 0.234 e. The first-order valence-corrected chi connectivity index (χ1v) is 8.87. The van der Waals surface area contributed by atoms with Crippen LogP contribution in [0.25, 0.3) is 0 Å². The van der Waals surface area contributed by atoms with E-state index in [9.17, 15) is 13.6 Å². The van der Waals surface area contributed by atoms with E-state index in [4.69, 9.17) is 0 Å². The van der Waals surface area contributed by atoms with Crippen molar-refractivity contribution in [3.63, 3.8) is 0 Å². The van der Waals surface area contributed by atoms with Gasteiger partial charge >= 0.3 is 0 Å². The van der Waals surface area contributed by atoms with Crippen LogP contribution in [-0.4, -0.2) is 16.6 Å². The maximum absolute atomic E-state index is 13.8. The van der Waals surface area contributed by atoms with E-state index in [0.29, 0.717) is 5.75 Å². The fourth-order valence-electron chi connectivity index (χ4n) is 2.18. The van der Waals surface area contributed by atoms with Crippen molar-refractivity contribution >= 4 is 44.9 Å². The molecule has 0 radical (unpaired) electrons. The number of benzene rings is 1. The summed E-state index contributed by atoms with van der Waals surface area (Å²) in [5.41, 5.74) is 0.198. The smallest absolute Gasteiger partial charge is 0.234 e. The van der Waals surface area contributed by atoms with Gasteiger partial charge in [0.2, 0.25) is 5.91 Å². The van der Waals surface area contributed by atoms with Crippen LogP contribution >= 0.6 is 39.0 Å². The van der Waals surface area contributed by atoms with E-state index in [1.54, 1.807) is 16.2 Å². The molecule has 1 unspecified atom stereocenters. The van der Waals surface area contributed by atoms with Crippen LogP contribution in [-0.2, 0) is 11.3 Å². The molecule has 1 aromatic carbocycles. The third-order valence-electron chi connectivity index (χ3n) is 3.21. The average Bonchev–Trinajstić information content (AvgIpc) is 3.02. The number of nitrogens with zero attached hydrogens (tertiary/aromatic N) is 1. The summed E-state index contributed by atoms with van der Waals surface area (Å²) in [6.07, 6.45) is 0. The zero-order chi connectivity index (χ0) is 15.0. The molecule has 2 aromatic rings. The molecule has 2 nitrogen and oxygen atoms in total. The average molecular weight is 390 g/mol. The highest BCUT2D eigenvalue weighted by molar-refractivity contribution is 9.10. The molecule has 0 N–H and O–H groups in total. The number of thiophene rings is 1. The highest BCUT2D eigenvalue weighted by Crippen LogP contribution is 2.44. The molecule has 21 heavy (non-hydrogen) atoms. The van der Waals surface area contributed by atoms with Gasteiger partial charge in [0.05, 0.1) is 17.2 Å². The minimum Gasteiger partial charge on any atom is -0.321 e. The topological polar surface area (TPSA) is 20.3 Å². The maximum atomic E-state index is 13.8. The predicted octanol–water partition coefficient (Wildman–Crippen LogP) is 4.56. The minimum atomic E-state index is -0.888. The van der Waals surface area contributed by atoms with Gasteiger partial charge in [0.15, 0.2) is 11.6 Å². The van der Waals surface area contributed by atoms with Gasteiger partial charge in [-0.25, -0.2) is 8.78 Å². The second-order valence-corrected chi connectivity index (χ2v) is 7.40. The molecule has 3 rings (SSSR count). The van der Waals surface area contributed by atoms with Crippen LogP contribution < -0.4 is 0 Å². The highest BCUT2D eigenvalue weighted by Gasteiger charge is 2.35. The lowest BCUT2D eigenvalue weighted by atomic mass is 10.2. The van der Waals surface area contributed by atoms with Gasteiger partial charge in [0.25, 0.3) is 0 Å². The van der Waals surface area contributed by atoms with E-state index in [0.717, 1.165) is 15.4 Å². The van der Waals surface area contributed by atoms with Gasteiger partial charge in [0, 0.05) is 10.0 Å². The van der Waals surface area contributed by atoms with Crippen molar-refractivity contribution in [2.75, 3.05) is 5.75 Å². The second kappa shape index (κ2) is 6.06. The Kier molecular flexibility index (Phi) is 4.33. The summed E-state index contributed by atoms with van der Waals surface area (Å²) < 4.78 is 28.0. The van der Waals surface area contributed by atoms with E-state index in [2.05, 4.69) is 15.9 Å². The highest BCUT2D eigenvalue weighted by atomic mass is 79.9. The number of carbonyl (C=O) groups is 1. The standard InChI is InChI=1S/C14H10BrF2NOS2/c15-9-4-5-20-13(9)14-18(11(19)7-21-14)6-8-2-1-3-10(16)12(8)17/h1-5,14H,6-7H2. The summed E-state index contributed by atoms with van der Waals surface area (Å²) in [7, 11) is 0. The van der Waals surface area contributed by atoms with Gasteiger partial charge in [-0.15, -0.1) is 23.1 Å². The molecule has 1 aromatic heterocycles. The molecule has 0 saturated carbocycles. The van der Waals surface area contributed by atoms with Crippen LogP contribution in [0, 0.1) is 11.6 Å². The molecular formula is C14H10BrF2NOS2. The van der Waals surface area contributed by atoms with Crippen molar-refractivity contribution in [3.8, 4) is 0 Å². The third kappa shape index (κ3) is 2.86. The van der Waals surface area contributed by atoms with Crippen molar-refractivity contribution in [1.82, 2.24) is 4.90 Å². The molecule has 0 aliphatic carbocycles. The van der Waals surface area contributed by atoms with E-state index >= 15 is 0 Å². The zero-order valence-corrected chi connectivity index (χ0v) is 13.9. The number of hydrogen-bond donors (Lipinski definition) is 0. The Morgan fingerprint density at radius 3 is 2.86 bits per heavy atom. The normalized spacial score (nSPS) is 18.5. The number of hydrogen-bond acceptors (Lipinski definition) is 3. The molecule has 110 valence electrons. The van der Waals surface area contributed by atoms with Crippen LogP contribution in [0.5, 0.6) is 0 Å². The van der Waals surface area contributed by atoms with Gasteiger partial charge in [0.1, 0.15) is 5.37 Å². The minimum absolute atomic E-state index is 0.0611. The first-order valence-electron chi connectivity index (χ1n) is 6.15. The van der Waals surface area contributed by atoms with Crippen LogP contribution in [0.15, 0.2) is 34.1 Å². The molecule has 1 aliphatic rings. The molecule has 7 heteroatoms. The number of amides is 1. The van der Waals surface area contributed by atoms with E-state index in [-0.39, 0.29) is 23.4 Å². The number of rotatable bonds is 3. The monoisotopic (exact) mass is 389 g/mol. The van der Waals surface area contributed by atoms with Gasteiger partial charge in [-0.1, -0.05) is 12.1 Å².